The third kappa shape index (κ3) is 2.14. The molecule has 1 unspecified atom stereocenters. The van der Waals surface area contributed by atoms with Crippen molar-refractivity contribution in [2.24, 2.45) is 11.8 Å². The van der Waals surface area contributed by atoms with Crippen molar-refractivity contribution in [3.63, 3.8) is 0 Å². The van der Waals surface area contributed by atoms with Gasteiger partial charge in [0.25, 0.3) is 0 Å². The molecule has 0 bridgehead atoms. The number of fused-ring (bicyclic) bond motifs is 1. The van der Waals surface area contributed by atoms with Crippen molar-refractivity contribution >= 4 is 5.91 Å². The van der Waals surface area contributed by atoms with Crippen molar-refractivity contribution in [1.29, 1.82) is 0 Å². The van der Waals surface area contributed by atoms with E-state index in [-0.39, 0.29) is 12.0 Å². The molecule has 0 spiro atoms. The van der Waals surface area contributed by atoms with Crippen LogP contribution in [-0.2, 0) is 22.7 Å². The minimum absolute atomic E-state index is 0.0674. The van der Waals surface area contributed by atoms with E-state index in [1.807, 2.05) is 11.1 Å². The lowest BCUT2D eigenvalue weighted by molar-refractivity contribution is -0.143. The smallest absolute Gasteiger partial charge is 0.226 e. The Morgan fingerprint density at radius 3 is 2.80 bits per heavy atom. The topological polar surface area (TPSA) is 47.4 Å². The first-order valence-corrected chi connectivity index (χ1v) is 7.45. The maximum Gasteiger partial charge on any atom is 0.226 e. The van der Waals surface area contributed by atoms with Crippen molar-refractivity contribution in [3.05, 3.63) is 17.7 Å². The Hall–Kier alpha value is -1.36. The summed E-state index contributed by atoms with van der Waals surface area (Å²) in [6.07, 6.45) is 3.96. The van der Waals surface area contributed by atoms with Gasteiger partial charge in [0, 0.05) is 26.1 Å². The van der Waals surface area contributed by atoms with Gasteiger partial charge >= 0.3 is 0 Å². The lowest BCUT2D eigenvalue weighted by atomic mass is 9.75. The summed E-state index contributed by atoms with van der Waals surface area (Å²) >= 11 is 0. The molecular weight excluding hydrogens is 254 g/mol. The van der Waals surface area contributed by atoms with Crippen LogP contribution in [0.5, 0.6) is 0 Å². The molecule has 0 N–H and O–H groups in total. The highest BCUT2D eigenvalue weighted by Gasteiger charge is 2.38. The molecule has 20 heavy (non-hydrogen) atoms. The fourth-order valence-corrected chi connectivity index (χ4v) is 3.46. The molecule has 1 aromatic heterocycles. The van der Waals surface area contributed by atoms with Crippen LogP contribution in [0.15, 0.2) is 6.20 Å². The van der Waals surface area contributed by atoms with Crippen LogP contribution in [0.1, 0.15) is 44.2 Å². The Kier molecular flexibility index (Phi) is 3.54. The second-order valence-corrected chi connectivity index (χ2v) is 6.17. The monoisotopic (exact) mass is 277 g/mol. The summed E-state index contributed by atoms with van der Waals surface area (Å²) in [7, 11) is 1.69. The molecule has 2 aliphatic rings. The molecule has 110 valence electrons. The van der Waals surface area contributed by atoms with E-state index in [1.165, 1.54) is 0 Å². The van der Waals surface area contributed by atoms with Crippen LogP contribution < -0.4 is 0 Å². The molecule has 0 aromatic carbocycles. The first-order valence-electron chi connectivity index (χ1n) is 7.45. The number of hydrogen-bond acceptors (Lipinski definition) is 3. The summed E-state index contributed by atoms with van der Waals surface area (Å²) in [5.74, 6) is 2.26. The SMILES string of the molecule is COCc1cnc2n1CCN(C(=O)C1CC(C)C1)C2C. The zero-order valence-electron chi connectivity index (χ0n) is 12.5. The number of imidazole rings is 1. The van der Waals surface area contributed by atoms with E-state index in [4.69, 9.17) is 4.74 Å². The number of amides is 1. The van der Waals surface area contributed by atoms with Gasteiger partial charge in [0.1, 0.15) is 5.82 Å². The molecule has 1 aliphatic carbocycles. The number of methoxy groups -OCH3 is 1. The number of ether oxygens (including phenoxy) is 1. The Balaban J connectivity index is 1.75. The molecule has 5 nitrogen and oxygen atoms in total. The Morgan fingerprint density at radius 2 is 2.15 bits per heavy atom. The molecular formula is C15H23N3O2. The van der Waals surface area contributed by atoms with Crippen LogP contribution in [0.25, 0.3) is 0 Å². The first-order chi connectivity index (χ1) is 9.61. The van der Waals surface area contributed by atoms with Gasteiger partial charge < -0.3 is 14.2 Å². The van der Waals surface area contributed by atoms with E-state index in [9.17, 15) is 4.79 Å². The minimum atomic E-state index is 0.0674. The molecule has 1 amide bonds. The molecule has 1 fully saturated rings. The number of hydrogen-bond donors (Lipinski definition) is 0. The highest BCUT2D eigenvalue weighted by molar-refractivity contribution is 5.80. The standard InChI is InChI=1S/C15H23N3O2/c1-10-6-12(7-10)15(19)17-4-5-18-13(9-20-3)8-16-14(18)11(17)2/h8,10-12H,4-7,9H2,1-3H3. The van der Waals surface area contributed by atoms with Gasteiger partial charge in [-0.2, -0.15) is 0 Å². The van der Waals surface area contributed by atoms with Crippen LogP contribution in [-0.4, -0.2) is 34.0 Å². The second-order valence-electron chi connectivity index (χ2n) is 6.17. The Morgan fingerprint density at radius 1 is 1.40 bits per heavy atom. The van der Waals surface area contributed by atoms with Gasteiger partial charge in [-0.3, -0.25) is 4.79 Å². The van der Waals surface area contributed by atoms with Gasteiger partial charge in [-0.15, -0.1) is 0 Å². The Bertz CT molecular complexity index is 505. The fraction of sp³-hybridized carbons (Fsp3) is 0.733. The van der Waals surface area contributed by atoms with Crippen LogP contribution in [0.2, 0.25) is 0 Å². The molecule has 0 saturated heterocycles. The largest absolute Gasteiger partial charge is 0.378 e. The van der Waals surface area contributed by atoms with Crippen LogP contribution in [0, 0.1) is 11.8 Å². The predicted molar refractivity (Wildman–Crippen MR) is 75.0 cm³/mol. The van der Waals surface area contributed by atoms with Crippen molar-refractivity contribution < 1.29 is 9.53 Å². The number of rotatable bonds is 3. The lowest BCUT2D eigenvalue weighted by Gasteiger charge is -2.40. The van der Waals surface area contributed by atoms with Gasteiger partial charge in [-0.1, -0.05) is 6.92 Å². The first kappa shape index (κ1) is 13.6. The van der Waals surface area contributed by atoms with E-state index < -0.39 is 0 Å². The van der Waals surface area contributed by atoms with Gasteiger partial charge in [-0.25, -0.2) is 4.98 Å². The number of nitrogens with zero attached hydrogens (tertiary/aromatic N) is 3. The molecule has 1 aliphatic heterocycles. The van der Waals surface area contributed by atoms with Crippen LogP contribution in [0.4, 0.5) is 0 Å². The third-order valence-corrected chi connectivity index (χ3v) is 4.67. The van der Waals surface area contributed by atoms with Crippen molar-refractivity contribution in [3.8, 4) is 0 Å². The van der Waals surface area contributed by atoms with E-state index in [0.717, 1.165) is 37.4 Å². The molecule has 3 rings (SSSR count). The summed E-state index contributed by atoms with van der Waals surface area (Å²) in [5, 5.41) is 0. The average molecular weight is 277 g/mol. The quantitative estimate of drug-likeness (QED) is 0.848. The summed E-state index contributed by atoms with van der Waals surface area (Å²) in [4.78, 5) is 19.0. The maximum absolute atomic E-state index is 12.5. The van der Waals surface area contributed by atoms with Gasteiger partial charge in [-0.05, 0) is 25.7 Å². The van der Waals surface area contributed by atoms with Gasteiger partial charge in [0.15, 0.2) is 0 Å². The molecule has 5 heteroatoms. The molecule has 1 atom stereocenters. The van der Waals surface area contributed by atoms with Crippen molar-refractivity contribution in [2.45, 2.75) is 45.9 Å². The van der Waals surface area contributed by atoms with Crippen molar-refractivity contribution in [2.75, 3.05) is 13.7 Å². The summed E-state index contributed by atoms with van der Waals surface area (Å²) in [6, 6.07) is 0.0674. The zero-order valence-corrected chi connectivity index (χ0v) is 12.5. The normalized spacial score (nSPS) is 28.9. The highest BCUT2D eigenvalue weighted by Crippen LogP contribution is 2.37. The summed E-state index contributed by atoms with van der Waals surface area (Å²) in [5.41, 5.74) is 1.10. The van der Waals surface area contributed by atoms with Gasteiger partial charge in [0.05, 0.1) is 24.5 Å². The lowest BCUT2D eigenvalue weighted by Crippen LogP contribution is -2.47. The van der Waals surface area contributed by atoms with E-state index >= 15 is 0 Å². The zero-order chi connectivity index (χ0) is 14.3. The average Bonchev–Trinajstić information content (AvgIpc) is 2.80. The fourth-order valence-electron chi connectivity index (χ4n) is 3.46. The van der Waals surface area contributed by atoms with Crippen LogP contribution >= 0.6 is 0 Å². The highest BCUT2D eigenvalue weighted by atomic mass is 16.5. The second kappa shape index (κ2) is 5.20. The Labute approximate surface area is 119 Å². The minimum Gasteiger partial charge on any atom is -0.378 e. The molecule has 1 aromatic rings. The molecule has 1 saturated carbocycles. The third-order valence-electron chi connectivity index (χ3n) is 4.67. The molecule has 0 radical (unpaired) electrons. The summed E-state index contributed by atoms with van der Waals surface area (Å²) in [6.45, 7) is 6.48. The maximum atomic E-state index is 12.5. The van der Waals surface area contributed by atoms with E-state index in [2.05, 4.69) is 23.4 Å². The van der Waals surface area contributed by atoms with E-state index in [1.54, 1.807) is 7.11 Å². The number of aromatic nitrogens is 2. The van der Waals surface area contributed by atoms with E-state index in [0.29, 0.717) is 18.4 Å². The summed E-state index contributed by atoms with van der Waals surface area (Å²) < 4.78 is 7.39. The van der Waals surface area contributed by atoms with Crippen molar-refractivity contribution in [1.82, 2.24) is 14.5 Å². The molecule has 2 heterocycles. The van der Waals surface area contributed by atoms with Gasteiger partial charge in [0.2, 0.25) is 5.91 Å². The van der Waals surface area contributed by atoms with Crippen LogP contribution in [0.3, 0.4) is 0 Å². The predicted octanol–water partition coefficient (Wildman–Crippen LogP) is 1.98. The number of carbonyl (C=O) groups is 1. The number of carbonyl (C=O) groups excluding carboxylic acids is 1.